The van der Waals surface area contributed by atoms with Crippen molar-refractivity contribution in [2.24, 2.45) is 0 Å². The fourth-order valence-corrected chi connectivity index (χ4v) is 6.75. The molecule has 2 aromatic heterocycles. The van der Waals surface area contributed by atoms with Gasteiger partial charge in [0.1, 0.15) is 18.2 Å². The summed E-state index contributed by atoms with van der Waals surface area (Å²) >= 11 is 0.696. The average molecular weight is 542 g/mol. The van der Waals surface area contributed by atoms with Crippen molar-refractivity contribution in [1.82, 2.24) is 30.2 Å². The highest BCUT2D eigenvalue weighted by atomic mass is 32.2. The van der Waals surface area contributed by atoms with E-state index in [0.29, 0.717) is 59.7 Å². The van der Waals surface area contributed by atoms with E-state index in [2.05, 4.69) is 35.1 Å². The van der Waals surface area contributed by atoms with Crippen LogP contribution in [0, 0.1) is 6.92 Å². The van der Waals surface area contributed by atoms with E-state index in [0.717, 1.165) is 0 Å². The van der Waals surface area contributed by atoms with Crippen LogP contribution in [-0.2, 0) is 10.0 Å². The predicted octanol–water partition coefficient (Wildman–Crippen LogP) is 3.36. The van der Waals surface area contributed by atoms with Crippen molar-refractivity contribution < 1.29 is 21.6 Å². The molecule has 1 aromatic carbocycles. The molecule has 0 unspecified atom stereocenters. The molecule has 1 aliphatic carbocycles. The molecule has 2 aliphatic rings. The second-order valence-corrected chi connectivity index (χ2v) is 12.3. The molecule has 1 aliphatic heterocycles. The maximum absolute atomic E-state index is 13.5. The molecule has 2 atom stereocenters. The second-order valence-electron chi connectivity index (χ2n) is 9.60. The van der Waals surface area contributed by atoms with Crippen LogP contribution in [0.5, 0.6) is 0 Å². The van der Waals surface area contributed by atoms with Crippen LogP contribution in [0.25, 0.3) is 21.6 Å². The number of hydrogen-bond acceptors (Lipinski definition) is 9. The number of benzene rings is 1. The van der Waals surface area contributed by atoms with Gasteiger partial charge in [0.15, 0.2) is 10.0 Å². The molecule has 1 saturated carbocycles. The minimum atomic E-state index is -4.11. The quantitative estimate of drug-likeness (QED) is 0.468. The fourth-order valence-electron chi connectivity index (χ4n) is 4.56. The number of hydrogen-bond donors (Lipinski definition) is 2. The van der Waals surface area contributed by atoms with Crippen LogP contribution in [0.3, 0.4) is 0 Å². The molecule has 36 heavy (non-hydrogen) atoms. The van der Waals surface area contributed by atoms with Crippen LogP contribution in [0.2, 0.25) is 0 Å². The Kier molecular flexibility index (Phi) is 6.42. The molecule has 9 nitrogen and oxygen atoms in total. The summed E-state index contributed by atoms with van der Waals surface area (Å²) in [5, 5.41) is 10.9. The van der Waals surface area contributed by atoms with E-state index in [1.165, 1.54) is 6.07 Å². The first-order valence-electron chi connectivity index (χ1n) is 11.6. The lowest BCUT2D eigenvalue weighted by atomic mass is 10.1. The van der Waals surface area contributed by atoms with Crippen LogP contribution in [0.4, 0.5) is 18.9 Å². The van der Waals surface area contributed by atoms with Gasteiger partial charge in [-0.3, -0.25) is 0 Å². The lowest BCUT2D eigenvalue weighted by molar-refractivity contribution is 0.150. The van der Waals surface area contributed by atoms with Crippen molar-refractivity contribution in [3.63, 3.8) is 0 Å². The molecule has 14 heteroatoms. The van der Waals surface area contributed by atoms with Gasteiger partial charge < -0.3 is 10.2 Å². The van der Waals surface area contributed by atoms with E-state index < -0.39 is 33.7 Å². The molecule has 3 heterocycles. The van der Waals surface area contributed by atoms with Crippen LogP contribution < -0.4 is 14.9 Å². The standard InChI is InChI=1S/C22H26F3N7O2S2/c1-11-8-32(9-12(2)26-11)16-7-14(36(33,34)31-22(10-23)4-5-22)6-15-17(16)27-13(3)28-18(15)20-29-30-21(35-20)19(24)25/h6-7,11-12,19,26,31H,4-5,8-10H2,1-3H3/t11-,12-/m0/s1. The van der Waals surface area contributed by atoms with Crippen molar-refractivity contribution >= 4 is 38.0 Å². The van der Waals surface area contributed by atoms with E-state index in [9.17, 15) is 21.6 Å². The number of piperazine rings is 1. The number of halogens is 3. The molecule has 0 amide bonds. The van der Waals surface area contributed by atoms with Gasteiger partial charge in [0, 0.05) is 30.6 Å². The number of fused-ring (bicyclic) bond motifs is 1. The lowest BCUT2D eigenvalue weighted by Gasteiger charge is -2.38. The summed E-state index contributed by atoms with van der Waals surface area (Å²) in [6, 6.07) is 3.21. The van der Waals surface area contributed by atoms with Crippen LogP contribution in [0.15, 0.2) is 17.0 Å². The largest absolute Gasteiger partial charge is 0.367 e. The van der Waals surface area contributed by atoms with Gasteiger partial charge in [-0.2, -0.15) is 0 Å². The molecule has 0 radical (unpaired) electrons. The maximum Gasteiger partial charge on any atom is 0.291 e. The molecule has 3 aromatic rings. The fraction of sp³-hybridized carbons (Fsp3) is 0.545. The van der Waals surface area contributed by atoms with E-state index in [1.807, 2.05) is 13.8 Å². The number of anilines is 1. The molecule has 0 bridgehead atoms. The number of alkyl halides is 3. The Bertz CT molecular complexity index is 1400. The molecular formula is C22H26F3N7O2S2. The van der Waals surface area contributed by atoms with E-state index in [-0.39, 0.29) is 27.7 Å². The zero-order valence-corrected chi connectivity index (χ0v) is 21.6. The van der Waals surface area contributed by atoms with Crippen LogP contribution >= 0.6 is 11.3 Å². The second kappa shape index (κ2) is 9.15. The summed E-state index contributed by atoms with van der Waals surface area (Å²) < 4.78 is 69.3. The third-order valence-electron chi connectivity index (χ3n) is 6.36. The van der Waals surface area contributed by atoms with Gasteiger partial charge in [0.25, 0.3) is 6.43 Å². The number of aryl methyl sites for hydroxylation is 1. The highest BCUT2D eigenvalue weighted by molar-refractivity contribution is 7.89. The summed E-state index contributed by atoms with van der Waals surface area (Å²) in [6.45, 7) is 6.13. The Morgan fingerprint density at radius 3 is 2.47 bits per heavy atom. The minimum Gasteiger partial charge on any atom is -0.367 e. The highest BCUT2D eigenvalue weighted by Gasteiger charge is 2.46. The maximum atomic E-state index is 13.5. The van der Waals surface area contributed by atoms with E-state index in [4.69, 9.17) is 0 Å². The van der Waals surface area contributed by atoms with Crippen molar-refractivity contribution in [2.75, 3.05) is 24.7 Å². The molecule has 194 valence electrons. The number of nitrogens with one attached hydrogen (secondary N) is 2. The predicted molar refractivity (Wildman–Crippen MR) is 131 cm³/mol. The van der Waals surface area contributed by atoms with Crippen LogP contribution in [0.1, 0.15) is 43.9 Å². The van der Waals surface area contributed by atoms with Crippen molar-refractivity contribution in [2.45, 2.75) is 62.6 Å². The van der Waals surface area contributed by atoms with E-state index in [1.54, 1.807) is 13.0 Å². The zero-order chi connectivity index (χ0) is 25.8. The summed E-state index contributed by atoms with van der Waals surface area (Å²) in [7, 11) is -4.11. The average Bonchev–Trinajstić information content (AvgIpc) is 3.38. The van der Waals surface area contributed by atoms with Crippen molar-refractivity contribution in [1.29, 1.82) is 0 Å². The Labute approximate surface area is 210 Å². The van der Waals surface area contributed by atoms with Gasteiger partial charge in [-0.25, -0.2) is 36.3 Å². The van der Waals surface area contributed by atoms with Crippen molar-refractivity contribution in [3.05, 3.63) is 23.0 Å². The number of nitrogens with zero attached hydrogens (tertiary/aromatic N) is 5. The first kappa shape index (κ1) is 25.2. The first-order chi connectivity index (χ1) is 17.0. The molecule has 5 rings (SSSR count). The SMILES string of the molecule is Cc1nc(-c2nnc(C(F)F)s2)c2cc(S(=O)(=O)NC3(CF)CC3)cc(N3C[C@H](C)N[C@@H](C)C3)c2n1. The van der Waals surface area contributed by atoms with Crippen LogP contribution in [-0.4, -0.2) is 66.0 Å². The van der Waals surface area contributed by atoms with Gasteiger partial charge in [-0.05, 0) is 45.7 Å². The first-order valence-corrected chi connectivity index (χ1v) is 13.9. The Balaban J connectivity index is 1.73. The monoisotopic (exact) mass is 541 g/mol. The Hall–Kier alpha value is -2.42. The third-order valence-corrected chi connectivity index (χ3v) is 8.86. The van der Waals surface area contributed by atoms with Crippen molar-refractivity contribution in [3.8, 4) is 10.7 Å². The van der Waals surface area contributed by atoms with E-state index >= 15 is 0 Å². The van der Waals surface area contributed by atoms with Gasteiger partial charge in [-0.15, -0.1) is 10.2 Å². The normalized spacial score (nSPS) is 21.9. The minimum absolute atomic E-state index is 0.0733. The molecule has 1 saturated heterocycles. The molecule has 0 spiro atoms. The third kappa shape index (κ3) is 4.78. The topological polar surface area (TPSA) is 113 Å². The summed E-state index contributed by atoms with van der Waals surface area (Å²) in [5.41, 5.74) is 0.203. The highest BCUT2D eigenvalue weighted by Crippen LogP contribution is 2.40. The van der Waals surface area contributed by atoms with Gasteiger partial charge >= 0.3 is 0 Å². The van der Waals surface area contributed by atoms with Gasteiger partial charge in [0.05, 0.1) is 21.6 Å². The zero-order valence-electron chi connectivity index (χ0n) is 19.9. The smallest absolute Gasteiger partial charge is 0.291 e. The number of sulfonamides is 1. The molecular weight excluding hydrogens is 515 g/mol. The number of rotatable bonds is 7. The summed E-state index contributed by atoms with van der Waals surface area (Å²) in [6.07, 6.45) is -1.95. The van der Waals surface area contributed by atoms with Gasteiger partial charge in [0.2, 0.25) is 10.0 Å². The number of aromatic nitrogens is 4. The molecule has 2 N–H and O–H groups in total. The summed E-state index contributed by atoms with van der Waals surface area (Å²) in [5.74, 6) is 0.381. The summed E-state index contributed by atoms with van der Waals surface area (Å²) in [4.78, 5) is 11.0. The lowest BCUT2D eigenvalue weighted by Crippen LogP contribution is -2.54. The molecule has 2 fully saturated rings. The van der Waals surface area contributed by atoms with Gasteiger partial charge in [-0.1, -0.05) is 11.3 Å². The Morgan fingerprint density at radius 2 is 1.89 bits per heavy atom. The Morgan fingerprint density at radius 1 is 1.19 bits per heavy atom.